The first-order valence-electron chi connectivity index (χ1n) is 7.25. The van der Waals surface area contributed by atoms with Crippen LogP contribution in [-0.4, -0.2) is 11.9 Å². The fourth-order valence-corrected chi connectivity index (χ4v) is 2.45. The second-order valence-electron chi connectivity index (χ2n) is 5.26. The summed E-state index contributed by atoms with van der Waals surface area (Å²) in [6.07, 6.45) is 8.73. The van der Waals surface area contributed by atoms with Gasteiger partial charge in [-0.3, -0.25) is 4.79 Å². The molecule has 0 radical (unpaired) electrons. The Balaban J connectivity index is 1.82. The molecule has 112 valence electrons. The minimum absolute atomic E-state index is 0.143. The van der Waals surface area contributed by atoms with E-state index in [1.54, 1.807) is 30.5 Å². The van der Waals surface area contributed by atoms with Gasteiger partial charge >= 0.3 is 6.03 Å². The first-order valence-corrected chi connectivity index (χ1v) is 7.25. The number of carbonyl (C=O) groups is 2. The number of hydrogen-bond acceptors (Lipinski definition) is 2. The molecular formula is C16H21N3O2. The maximum Gasteiger partial charge on any atom is 0.323 e. The van der Waals surface area contributed by atoms with Crippen LogP contribution in [0.25, 0.3) is 0 Å². The summed E-state index contributed by atoms with van der Waals surface area (Å²) in [5.41, 5.74) is 1.29. The van der Waals surface area contributed by atoms with Gasteiger partial charge in [-0.1, -0.05) is 25.0 Å². The number of hydrogen-bond donors (Lipinski definition) is 3. The van der Waals surface area contributed by atoms with E-state index in [9.17, 15) is 9.59 Å². The number of anilines is 2. The fraction of sp³-hybridized carbons (Fsp3) is 0.375. The van der Waals surface area contributed by atoms with Crippen LogP contribution in [-0.2, 0) is 4.79 Å². The van der Waals surface area contributed by atoms with Crippen molar-refractivity contribution in [3.63, 3.8) is 0 Å². The SMILES string of the molecule is CC(=O)Nc1cccc(NC(=O)N/C=C/C2CCCC2)c1. The van der Waals surface area contributed by atoms with Gasteiger partial charge in [-0.25, -0.2) is 4.79 Å². The molecule has 0 aliphatic heterocycles. The number of rotatable bonds is 4. The molecule has 0 aromatic heterocycles. The number of nitrogens with one attached hydrogen (secondary N) is 3. The Morgan fingerprint density at radius 3 is 2.48 bits per heavy atom. The molecule has 0 spiro atoms. The summed E-state index contributed by atoms with van der Waals surface area (Å²) >= 11 is 0. The molecule has 1 aromatic carbocycles. The molecule has 5 heteroatoms. The lowest BCUT2D eigenvalue weighted by Gasteiger charge is -2.08. The first-order chi connectivity index (χ1) is 10.1. The van der Waals surface area contributed by atoms with Gasteiger partial charge in [-0.05, 0) is 37.0 Å². The van der Waals surface area contributed by atoms with Crippen molar-refractivity contribution in [1.82, 2.24) is 5.32 Å². The molecular weight excluding hydrogens is 266 g/mol. The number of allylic oxidation sites excluding steroid dienone is 1. The van der Waals surface area contributed by atoms with E-state index in [2.05, 4.69) is 22.0 Å². The highest BCUT2D eigenvalue weighted by Gasteiger charge is 2.11. The van der Waals surface area contributed by atoms with E-state index in [0.29, 0.717) is 17.3 Å². The zero-order valence-electron chi connectivity index (χ0n) is 12.2. The molecule has 1 fully saturated rings. The van der Waals surface area contributed by atoms with Crippen LogP contribution < -0.4 is 16.0 Å². The van der Waals surface area contributed by atoms with Crippen molar-refractivity contribution in [2.45, 2.75) is 32.6 Å². The third-order valence-electron chi connectivity index (χ3n) is 3.42. The van der Waals surface area contributed by atoms with Crippen LogP contribution in [0.15, 0.2) is 36.5 Å². The minimum atomic E-state index is -0.288. The predicted molar refractivity (Wildman–Crippen MR) is 84.0 cm³/mol. The molecule has 1 aliphatic rings. The van der Waals surface area contributed by atoms with Gasteiger partial charge in [0, 0.05) is 24.5 Å². The highest BCUT2D eigenvalue weighted by Crippen LogP contribution is 2.25. The second-order valence-corrected chi connectivity index (χ2v) is 5.26. The third-order valence-corrected chi connectivity index (χ3v) is 3.42. The third kappa shape index (κ3) is 5.30. The maximum absolute atomic E-state index is 11.8. The number of amides is 3. The predicted octanol–water partition coefficient (Wildman–Crippen LogP) is 3.47. The Kier molecular flexibility index (Phi) is 5.37. The molecule has 2 rings (SSSR count). The number of benzene rings is 1. The van der Waals surface area contributed by atoms with Gasteiger partial charge in [-0.15, -0.1) is 0 Å². The highest BCUT2D eigenvalue weighted by molar-refractivity contribution is 5.92. The molecule has 3 N–H and O–H groups in total. The van der Waals surface area contributed by atoms with Crippen molar-refractivity contribution >= 4 is 23.3 Å². The van der Waals surface area contributed by atoms with Gasteiger partial charge in [-0.2, -0.15) is 0 Å². The summed E-state index contributed by atoms with van der Waals surface area (Å²) in [6, 6.07) is 6.73. The Morgan fingerprint density at radius 2 is 1.81 bits per heavy atom. The molecule has 0 saturated heterocycles. The quantitative estimate of drug-likeness (QED) is 0.793. The van der Waals surface area contributed by atoms with Gasteiger partial charge in [0.2, 0.25) is 5.91 Å². The maximum atomic E-state index is 11.8. The summed E-state index contributed by atoms with van der Waals surface area (Å²) in [5.74, 6) is 0.449. The van der Waals surface area contributed by atoms with E-state index in [4.69, 9.17) is 0 Å². The molecule has 3 amide bonds. The van der Waals surface area contributed by atoms with E-state index in [-0.39, 0.29) is 11.9 Å². The molecule has 1 aliphatic carbocycles. The van der Waals surface area contributed by atoms with E-state index in [0.717, 1.165) is 0 Å². The summed E-state index contributed by atoms with van der Waals surface area (Å²) in [4.78, 5) is 22.8. The summed E-state index contributed by atoms with van der Waals surface area (Å²) in [7, 11) is 0. The lowest BCUT2D eigenvalue weighted by molar-refractivity contribution is -0.114. The standard InChI is InChI=1S/C16H21N3O2/c1-12(20)18-14-7-4-8-15(11-14)19-16(21)17-10-9-13-5-2-3-6-13/h4,7-11,13H,2-3,5-6H2,1H3,(H,18,20)(H2,17,19,21)/b10-9+. The molecule has 0 heterocycles. The average Bonchev–Trinajstić information content (AvgIpc) is 2.91. The van der Waals surface area contributed by atoms with Crippen LogP contribution in [0.2, 0.25) is 0 Å². The summed E-state index contributed by atoms with van der Waals surface area (Å²) < 4.78 is 0. The molecule has 1 saturated carbocycles. The monoisotopic (exact) mass is 287 g/mol. The van der Waals surface area contributed by atoms with Gasteiger partial charge < -0.3 is 16.0 Å². The topological polar surface area (TPSA) is 70.2 Å². The minimum Gasteiger partial charge on any atom is -0.326 e. The van der Waals surface area contributed by atoms with Gasteiger partial charge in [0.05, 0.1) is 0 Å². The van der Waals surface area contributed by atoms with Gasteiger partial charge in [0.25, 0.3) is 0 Å². The van der Waals surface area contributed by atoms with E-state index in [1.165, 1.54) is 32.6 Å². The van der Waals surface area contributed by atoms with E-state index >= 15 is 0 Å². The van der Waals surface area contributed by atoms with Crippen LogP contribution in [0.4, 0.5) is 16.2 Å². The van der Waals surface area contributed by atoms with Gasteiger partial charge in [0.1, 0.15) is 0 Å². The molecule has 0 unspecified atom stereocenters. The van der Waals surface area contributed by atoms with Crippen LogP contribution in [0.5, 0.6) is 0 Å². The Morgan fingerprint density at radius 1 is 1.14 bits per heavy atom. The van der Waals surface area contributed by atoms with Crippen molar-refractivity contribution in [2.24, 2.45) is 5.92 Å². The van der Waals surface area contributed by atoms with E-state index in [1.807, 2.05) is 0 Å². The van der Waals surface area contributed by atoms with Crippen LogP contribution in [0.1, 0.15) is 32.6 Å². The molecule has 0 bridgehead atoms. The summed E-state index contributed by atoms with van der Waals surface area (Å²) in [6.45, 7) is 1.45. The Bertz CT molecular complexity index is 534. The van der Waals surface area contributed by atoms with Crippen molar-refractivity contribution in [3.8, 4) is 0 Å². The molecule has 0 atom stereocenters. The zero-order chi connectivity index (χ0) is 15.1. The Labute approximate surface area is 124 Å². The van der Waals surface area contributed by atoms with Crippen molar-refractivity contribution in [2.75, 3.05) is 10.6 Å². The first kappa shape index (κ1) is 15.1. The van der Waals surface area contributed by atoms with Gasteiger partial charge in [0.15, 0.2) is 0 Å². The van der Waals surface area contributed by atoms with Crippen LogP contribution in [0, 0.1) is 5.92 Å². The number of carbonyl (C=O) groups excluding carboxylic acids is 2. The lowest BCUT2D eigenvalue weighted by Crippen LogP contribution is -2.24. The smallest absolute Gasteiger partial charge is 0.323 e. The normalized spacial score (nSPS) is 15.1. The molecule has 21 heavy (non-hydrogen) atoms. The number of urea groups is 1. The largest absolute Gasteiger partial charge is 0.326 e. The van der Waals surface area contributed by atoms with Crippen LogP contribution in [0.3, 0.4) is 0 Å². The zero-order valence-corrected chi connectivity index (χ0v) is 12.2. The fourth-order valence-electron chi connectivity index (χ4n) is 2.45. The molecule has 1 aromatic rings. The highest BCUT2D eigenvalue weighted by atomic mass is 16.2. The van der Waals surface area contributed by atoms with Crippen molar-refractivity contribution in [3.05, 3.63) is 36.5 Å². The van der Waals surface area contributed by atoms with E-state index < -0.39 is 0 Å². The molecule has 5 nitrogen and oxygen atoms in total. The van der Waals surface area contributed by atoms with Crippen molar-refractivity contribution in [1.29, 1.82) is 0 Å². The average molecular weight is 287 g/mol. The lowest BCUT2D eigenvalue weighted by atomic mass is 10.1. The Hall–Kier alpha value is -2.30. The van der Waals surface area contributed by atoms with Crippen LogP contribution >= 0.6 is 0 Å². The summed E-state index contributed by atoms with van der Waals surface area (Å²) in [5, 5.41) is 8.10. The van der Waals surface area contributed by atoms with Crippen molar-refractivity contribution < 1.29 is 9.59 Å². The second kappa shape index (κ2) is 7.47.